The summed E-state index contributed by atoms with van der Waals surface area (Å²) in [6.45, 7) is 2.32. The van der Waals surface area contributed by atoms with E-state index in [1.807, 2.05) is 6.07 Å². The lowest BCUT2D eigenvalue weighted by Gasteiger charge is -2.31. The van der Waals surface area contributed by atoms with Gasteiger partial charge in [-0.05, 0) is 55.2 Å². The number of hydrogen-bond donors (Lipinski definition) is 0. The molecule has 0 heterocycles. The van der Waals surface area contributed by atoms with Gasteiger partial charge in [0.05, 0.1) is 0 Å². The van der Waals surface area contributed by atoms with E-state index >= 15 is 0 Å². The van der Waals surface area contributed by atoms with Crippen LogP contribution >= 0.6 is 31.9 Å². The van der Waals surface area contributed by atoms with E-state index in [1.54, 1.807) is 12.1 Å². The van der Waals surface area contributed by atoms with Crippen molar-refractivity contribution >= 4 is 31.9 Å². The fraction of sp³-hybridized carbons (Fsp3) is 0.571. The van der Waals surface area contributed by atoms with E-state index in [4.69, 9.17) is 0 Å². The molecule has 0 N–H and O–H groups in total. The molecule has 0 aromatic heterocycles. The monoisotopic (exact) mass is 362 g/mol. The number of rotatable bonds is 2. The maximum absolute atomic E-state index is 13.0. The molecule has 1 aromatic rings. The van der Waals surface area contributed by atoms with Gasteiger partial charge >= 0.3 is 0 Å². The van der Waals surface area contributed by atoms with Gasteiger partial charge in [-0.15, -0.1) is 0 Å². The van der Waals surface area contributed by atoms with Crippen LogP contribution < -0.4 is 0 Å². The molecule has 1 saturated carbocycles. The predicted molar refractivity (Wildman–Crippen MR) is 77.0 cm³/mol. The number of benzene rings is 1. The van der Waals surface area contributed by atoms with Crippen LogP contribution in [-0.2, 0) is 6.42 Å². The molecule has 3 atom stereocenters. The molecule has 0 saturated heterocycles. The van der Waals surface area contributed by atoms with Crippen LogP contribution in [0.2, 0.25) is 0 Å². The Morgan fingerprint density at radius 1 is 1.35 bits per heavy atom. The highest BCUT2D eigenvalue weighted by Gasteiger charge is 2.27. The van der Waals surface area contributed by atoms with E-state index in [1.165, 1.54) is 24.8 Å². The average Bonchev–Trinajstić information content (AvgIpc) is 2.27. The lowest BCUT2D eigenvalue weighted by molar-refractivity contribution is 0.294. The van der Waals surface area contributed by atoms with E-state index in [2.05, 4.69) is 38.8 Å². The molecule has 0 nitrogen and oxygen atoms in total. The smallest absolute Gasteiger partial charge is 0.124 e. The van der Waals surface area contributed by atoms with Crippen LogP contribution in [0.1, 0.15) is 31.7 Å². The van der Waals surface area contributed by atoms with E-state index in [0.29, 0.717) is 10.7 Å². The molecular weight excluding hydrogens is 347 g/mol. The second-order valence-corrected chi connectivity index (χ2v) is 7.16. The zero-order chi connectivity index (χ0) is 12.4. The Bertz CT molecular complexity index is 392. The molecule has 3 unspecified atom stereocenters. The summed E-state index contributed by atoms with van der Waals surface area (Å²) < 4.78 is 13.9. The molecule has 0 amide bonds. The third-order valence-electron chi connectivity index (χ3n) is 3.65. The van der Waals surface area contributed by atoms with E-state index in [-0.39, 0.29) is 5.82 Å². The second-order valence-electron chi connectivity index (χ2n) is 5.13. The third-order valence-corrected chi connectivity index (χ3v) is 5.59. The van der Waals surface area contributed by atoms with Gasteiger partial charge in [0, 0.05) is 9.30 Å². The van der Waals surface area contributed by atoms with Gasteiger partial charge in [-0.2, -0.15) is 0 Å². The summed E-state index contributed by atoms with van der Waals surface area (Å²) in [5, 5.41) is 0. The van der Waals surface area contributed by atoms with Gasteiger partial charge in [0.1, 0.15) is 5.82 Å². The molecule has 1 aliphatic rings. The summed E-state index contributed by atoms with van der Waals surface area (Å²) in [4.78, 5) is 0.607. The molecule has 2 rings (SSSR count). The summed E-state index contributed by atoms with van der Waals surface area (Å²) in [5.74, 6) is 1.31. The minimum atomic E-state index is -0.173. The number of hydrogen-bond acceptors (Lipinski definition) is 0. The SMILES string of the molecule is CC1CCC(Br)C(Cc2ccc(F)cc2Br)C1. The van der Waals surface area contributed by atoms with Crippen molar-refractivity contribution in [3.05, 3.63) is 34.1 Å². The Balaban J connectivity index is 2.08. The summed E-state index contributed by atoms with van der Waals surface area (Å²) in [7, 11) is 0. The maximum atomic E-state index is 13.0. The van der Waals surface area contributed by atoms with Crippen LogP contribution in [0.15, 0.2) is 22.7 Å². The lowest BCUT2D eigenvalue weighted by Crippen LogP contribution is -2.25. The van der Waals surface area contributed by atoms with Gasteiger partial charge in [-0.1, -0.05) is 44.8 Å². The zero-order valence-corrected chi connectivity index (χ0v) is 13.1. The first-order valence-corrected chi connectivity index (χ1v) is 7.85. The summed E-state index contributed by atoms with van der Waals surface area (Å²) >= 11 is 7.24. The van der Waals surface area contributed by atoms with E-state index < -0.39 is 0 Å². The molecule has 17 heavy (non-hydrogen) atoms. The first-order valence-electron chi connectivity index (χ1n) is 6.14. The molecular formula is C14H17Br2F. The molecule has 0 bridgehead atoms. The van der Waals surface area contributed by atoms with Gasteiger partial charge in [-0.25, -0.2) is 4.39 Å². The first-order chi connectivity index (χ1) is 8.06. The van der Waals surface area contributed by atoms with Crippen LogP contribution in [0.5, 0.6) is 0 Å². The summed E-state index contributed by atoms with van der Waals surface area (Å²) in [6, 6.07) is 5.01. The van der Waals surface area contributed by atoms with Crippen molar-refractivity contribution < 1.29 is 4.39 Å². The summed E-state index contributed by atoms with van der Waals surface area (Å²) in [5.41, 5.74) is 1.22. The molecule has 0 spiro atoms. The van der Waals surface area contributed by atoms with Gasteiger partial charge < -0.3 is 0 Å². The highest BCUT2D eigenvalue weighted by molar-refractivity contribution is 9.10. The predicted octanol–water partition coefficient (Wildman–Crippen LogP) is 5.33. The van der Waals surface area contributed by atoms with Crippen molar-refractivity contribution in [2.45, 2.75) is 37.4 Å². The minimum absolute atomic E-state index is 0.173. The Labute approximate surface area is 119 Å². The third kappa shape index (κ3) is 3.54. The Morgan fingerprint density at radius 2 is 2.12 bits per heavy atom. The molecule has 3 heteroatoms. The fourth-order valence-corrected chi connectivity index (χ4v) is 3.82. The molecule has 1 fully saturated rings. The van der Waals surface area contributed by atoms with Crippen molar-refractivity contribution in [3.8, 4) is 0 Å². The zero-order valence-electron chi connectivity index (χ0n) is 9.93. The van der Waals surface area contributed by atoms with Crippen LogP contribution in [-0.4, -0.2) is 4.83 Å². The Hall–Kier alpha value is 0.110. The average molecular weight is 364 g/mol. The van der Waals surface area contributed by atoms with Crippen LogP contribution in [0.3, 0.4) is 0 Å². The topological polar surface area (TPSA) is 0 Å². The lowest BCUT2D eigenvalue weighted by atomic mass is 9.79. The van der Waals surface area contributed by atoms with Crippen molar-refractivity contribution in [2.24, 2.45) is 11.8 Å². The van der Waals surface area contributed by atoms with Crippen molar-refractivity contribution in [3.63, 3.8) is 0 Å². The normalized spacial score (nSPS) is 29.3. The van der Waals surface area contributed by atoms with Gasteiger partial charge in [0.15, 0.2) is 0 Å². The fourth-order valence-electron chi connectivity index (χ4n) is 2.64. The van der Waals surface area contributed by atoms with Gasteiger partial charge in [-0.3, -0.25) is 0 Å². The maximum Gasteiger partial charge on any atom is 0.124 e. The quantitative estimate of drug-likeness (QED) is 0.623. The highest BCUT2D eigenvalue weighted by Crippen LogP contribution is 2.36. The minimum Gasteiger partial charge on any atom is -0.207 e. The van der Waals surface area contributed by atoms with Crippen molar-refractivity contribution in [2.75, 3.05) is 0 Å². The van der Waals surface area contributed by atoms with Gasteiger partial charge in [0.25, 0.3) is 0 Å². The summed E-state index contributed by atoms with van der Waals surface area (Å²) in [6.07, 6.45) is 4.86. The molecule has 0 aliphatic heterocycles. The van der Waals surface area contributed by atoms with Gasteiger partial charge in [0.2, 0.25) is 0 Å². The van der Waals surface area contributed by atoms with Crippen molar-refractivity contribution in [1.82, 2.24) is 0 Å². The first kappa shape index (κ1) is 13.5. The Kier molecular flexibility index (Phi) is 4.65. The Morgan fingerprint density at radius 3 is 2.82 bits per heavy atom. The van der Waals surface area contributed by atoms with Crippen molar-refractivity contribution in [1.29, 1.82) is 0 Å². The van der Waals surface area contributed by atoms with Crippen LogP contribution in [0, 0.1) is 17.7 Å². The van der Waals surface area contributed by atoms with E-state index in [0.717, 1.165) is 16.8 Å². The van der Waals surface area contributed by atoms with E-state index in [9.17, 15) is 4.39 Å². The number of alkyl halides is 1. The largest absolute Gasteiger partial charge is 0.207 e. The second kappa shape index (κ2) is 5.83. The highest BCUT2D eigenvalue weighted by atomic mass is 79.9. The van der Waals surface area contributed by atoms with Crippen LogP contribution in [0.4, 0.5) is 4.39 Å². The standard InChI is InChI=1S/C14H17Br2F/c1-9-2-5-13(15)11(6-9)7-10-3-4-12(17)8-14(10)16/h3-4,8-9,11,13H,2,5-7H2,1H3. The molecule has 94 valence electrons. The molecule has 1 aromatic carbocycles. The molecule has 1 aliphatic carbocycles. The molecule has 0 radical (unpaired) electrons. The number of halogens is 3. The van der Waals surface area contributed by atoms with Crippen LogP contribution in [0.25, 0.3) is 0 Å².